The summed E-state index contributed by atoms with van der Waals surface area (Å²) in [5.41, 5.74) is 0. The number of amides is 1. The van der Waals surface area contributed by atoms with Crippen LogP contribution in [0.1, 0.15) is 12.8 Å². The minimum atomic E-state index is -3.62. The number of benzene rings is 1. The molecule has 2 rings (SSSR count). The summed E-state index contributed by atoms with van der Waals surface area (Å²) in [7, 11) is -0.298. The van der Waals surface area contributed by atoms with E-state index in [-0.39, 0.29) is 23.4 Å². The molecule has 22 heavy (non-hydrogen) atoms. The fourth-order valence-corrected chi connectivity index (χ4v) is 3.73. The van der Waals surface area contributed by atoms with Gasteiger partial charge in [-0.2, -0.15) is 4.31 Å². The van der Waals surface area contributed by atoms with Crippen molar-refractivity contribution in [2.45, 2.75) is 23.8 Å². The van der Waals surface area contributed by atoms with E-state index in [1.54, 1.807) is 23.1 Å². The molecule has 1 N–H and O–H groups in total. The SMILES string of the molecule is CNC1CCCN(C(=O)CN(C)S(=O)(=O)c2ccccc2)C1. The lowest BCUT2D eigenvalue weighted by Gasteiger charge is -2.33. The van der Waals surface area contributed by atoms with Gasteiger partial charge in [-0.15, -0.1) is 0 Å². The van der Waals surface area contributed by atoms with Gasteiger partial charge in [0.2, 0.25) is 15.9 Å². The van der Waals surface area contributed by atoms with E-state index >= 15 is 0 Å². The van der Waals surface area contributed by atoms with Crippen molar-refractivity contribution in [3.8, 4) is 0 Å². The fourth-order valence-electron chi connectivity index (χ4n) is 2.59. The molecule has 1 unspecified atom stereocenters. The third kappa shape index (κ3) is 3.85. The molecule has 122 valence electrons. The van der Waals surface area contributed by atoms with E-state index in [0.29, 0.717) is 13.1 Å². The molecule has 0 aromatic heterocycles. The fraction of sp³-hybridized carbons (Fsp3) is 0.533. The highest BCUT2D eigenvalue weighted by atomic mass is 32.2. The van der Waals surface area contributed by atoms with Gasteiger partial charge in [0, 0.05) is 26.2 Å². The average Bonchev–Trinajstić information content (AvgIpc) is 2.55. The summed E-state index contributed by atoms with van der Waals surface area (Å²) in [4.78, 5) is 14.3. The third-order valence-corrected chi connectivity index (χ3v) is 5.81. The van der Waals surface area contributed by atoms with Crippen LogP contribution in [0.5, 0.6) is 0 Å². The van der Waals surface area contributed by atoms with Crippen LogP contribution < -0.4 is 5.32 Å². The Bertz CT molecular complexity index is 604. The van der Waals surface area contributed by atoms with Gasteiger partial charge in [0.25, 0.3) is 0 Å². The molecule has 0 saturated carbocycles. The maximum atomic E-state index is 12.4. The lowest BCUT2D eigenvalue weighted by molar-refractivity contribution is -0.132. The number of likely N-dealkylation sites (N-methyl/N-ethyl adjacent to an activating group) is 2. The number of hydrogen-bond acceptors (Lipinski definition) is 4. The first-order chi connectivity index (χ1) is 10.4. The Morgan fingerprint density at radius 2 is 2.05 bits per heavy atom. The molecular formula is C15H23N3O3S. The molecule has 1 fully saturated rings. The molecule has 1 heterocycles. The number of carbonyl (C=O) groups is 1. The summed E-state index contributed by atoms with van der Waals surface area (Å²) in [6, 6.07) is 8.46. The Hall–Kier alpha value is -1.44. The minimum absolute atomic E-state index is 0.131. The predicted molar refractivity (Wildman–Crippen MR) is 84.9 cm³/mol. The van der Waals surface area contributed by atoms with Crippen LogP contribution in [0, 0.1) is 0 Å². The molecule has 1 aromatic rings. The monoisotopic (exact) mass is 325 g/mol. The van der Waals surface area contributed by atoms with Crippen LogP contribution in [0.3, 0.4) is 0 Å². The summed E-state index contributed by atoms with van der Waals surface area (Å²) >= 11 is 0. The van der Waals surface area contributed by atoms with Crippen molar-refractivity contribution in [2.24, 2.45) is 0 Å². The molecule has 7 heteroatoms. The van der Waals surface area contributed by atoms with Gasteiger partial charge in [-0.05, 0) is 32.0 Å². The number of likely N-dealkylation sites (tertiary alicyclic amines) is 1. The highest BCUT2D eigenvalue weighted by molar-refractivity contribution is 7.89. The molecule has 1 atom stereocenters. The van der Waals surface area contributed by atoms with Crippen molar-refractivity contribution in [1.29, 1.82) is 0 Å². The Morgan fingerprint density at radius 1 is 1.36 bits per heavy atom. The molecule has 1 saturated heterocycles. The first kappa shape index (κ1) is 16.9. The molecular weight excluding hydrogens is 302 g/mol. The second-order valence-corrected chi connectivity index (χ2v) is 7.59. The number of nitrogens with one attached hydrogen (secondary N) is 1. The van der Waals surface area contributed by atoms with Crippen LogP contribution in [0.2, 0.25) is 0 Å². The van der Waals surface area contributed by atoms with Crippen LogP contribution in [0.25, 0.3) is 0 Å². The summed E-state index contributed by atoms with van der Waals surface area (Å²) < 4.78 is 25.9. The van der Waals surface area contributed by atoms with Gasteiger partial charge < -0.3 is 10.2 Å². The van der Waals surface area contributed by atoms with Gasteiger partial charge in [-0.1, -0.05) is 18.2 Å². The second-order valence-electron chi connectivity index (χ2n) is 5.54. The van der Waals surface area contributed by atoms with Crippen molar-refractivity contribution < 1.29 is 13.2 Å². The van der Waals surface area contributed by atoms with Crippen molar-refractivity contribution in [1.82, 2.24) is 14.5 Å². The summed E-state index contributed by atoms with van der Waals surface area (Å²) in [6.07, 6.45) is 1.98. The van der Waals surface area contributed by atoms with Crippen LogP contribution in [0.15, 0.2) is 35.2 Å². The normalized spacial score (nSPS) is 19.4. The smallest absolute Gasteiger partial charge is 0.243 e. The molecule has 6 nitrogen and oxygen atoms in total. The van der Waals surface area contributed by atoms with E-state index in [1.807, 2.05) is 7.05 Å². The van der Waals surface area contributed by atoms with Crippen LogP contribution in [-0.2, 0) is 14.8 Å². The predicted octanol–water partition coefficient (Wildman–Crippen LogP) is 0.518. The zero-order valence-corrected chi connectivity index (χ0v) is 13.8. The molecule has 1 aliphatic heterocycles. The Balaban J connectivity index is 2.02. The van der Waals surface area contributed by atoms with Crippen molar-refractivity contribution >= 4 is 15.9 Å². The number of piperidine rings is 1. The van der Waals surface area contributed by atoms with Crippen LogP contribution in [0.4, 0.5) is 0 Å². The quantitative estimate of drug-likeness (QED) is 0.857. The Morgan fingerprint density at radius 3 is 2.68 bits per heavy atom. The molecule has 1 amide bonds. The van der Waals surface area contributed by atoms with Gasteiger partial charge in [-0.3, -0.25) is 4.79 Å². The molecule has 0 aliphatic carbocycles. The number of hydrogen-bond donors (Lipinski definition) is 1. The van der Waals surface area contributed by atoms with E-state index in [2.05, 4.69) is 5.32 Å². The lowest BCUT2D eigenvalue weighted by Crippen LogP contribution is -2.50. The molecule has 0 radical (unpaired) electrons. The molecule has 1 aliphatic rings. The highest BCUT2D eigenvalue weighted by Crippen LogP contribution is 2.15. The summed E-state index contributed by atoms with van der Waals surface area (Å²) in [6.45, 7) is 1.19. The van der Waals surface area contributed by atoms with Crippen molar-refractivity contribution in [3.63, 3.8) is 0 Å². The van der Waals surface area contributed by atoms with E-state index in [9.17, 15) is 13.2 Å². The second kappa shape index (κ2) is 7.21. The first-order valence-corrected chi connectivity index (χ1v) is 8.85. The third-order valence-electron chi connectivity index (χ3n) is 3.99. The van der Waals surface area contributed by atoms with E-state index < -0.39 is 10.0 Å². The molecule has 0 spiro atoms. The maximum absolute atomic E-state index is 12.4. The largest absolute Gasteiger partial charge is 0.340 e. The Kier molecular flexibility index (Phi) is 5.55. The van der Waals surface area contributed by atoms with Gasteiger partial charge in [-0.25, -0.2) is 8.42 Å². The number of carbonyl (C=O) groups excluding carboxylic acids is 1. The average molecular weight is 325 g/mol. The van der Waals surface area contributed by atoms with Gasteiger partial charge in [0.15, 0.2) is 0 Å². The zero-order chi connectivity index (χ0) is 16.2. The van der Waals surface area contributed by atoms with Crippen LogP contribution in [-0.4, -0.2) is 63.3 Å². The summed E-state index contributed by atoms with van der Waals surface area (Å²) in [5.74, 6) is -0.151. The first-order valence-electron chi connectivity index (χ1n) is 7.41. The van der Waals surface area contributed by atoms with Crippen molar-refractivity contribution in [3.05, 3.63) is 30.3 Å². The van der Waals surface area contributed by atoms with Gasteiger partial charge in [0.1, 0.15) is 0 Å². The zero-order valence-electron chi connectivity index (χ0n) is 13.0. The van der Waals surface area contributed by atoms with Gasteiger partial charge in [0.05, 0.1) is 11.4 Å². The summed E-state index contributed by atoms with van der Waals surface area (Å²) in [5, 5.41) is 3.17. The molecule has 1 aromatic carbocycles. The minimum Gasteiger partial charge on any atom is -0.340 e. The molecule has 0 bridgehead atoms. The number of sulfonamides is 1. The van der Waals surface area contributed by atoms with E-state index in [0.717, 1.165) is 17.1 Å². The van der Waals surface area contributed by atoms with E-state index in [4.69, 9.17) is 0 Å². The standard InChI is InChI=1S/C15H23N3O3S/c1-16-13-7-6-10-18(11-13)15(19)12-17(2)22(20,21)14-8-4-3-5-9-14/h3-5,8-9,13,16H,6-7,10-12H2,1-2H3. The van der Waals surface area contributed by atoms with Crippen molar-refractivity contribution in [2.75, 3.05) is 33.7 Å². The van der Waals surface area contributed by atoms with Gasteiger partial charge >= 0.3 is 0 Å². The van der Waals surface area contributed by atoms with Crippen LogP contribution >= 0.6 is 0 Å². The maximum Gasteiger partial charge on any atom is 0.243 e. The Labute approximate surface area is 132 Å². The number of nitrogens with zero attached hydrogens (tertiary/aromatic N) is 2. The lowest BCUT2D eigenvalue weighted by atomic mass is 10.1. The topological polar surface area (TPSA) is 69.7 Å². The number of rotatable bonds is 5. The van der Waals surface area contributed by atoms with E-state index in [1.165, 1.54) is 19.2 Å². The highest BCUT2D eigenvalue weighted by Gasteiger charge is 2.27.